The number of hydrogen-bond acceptors (Lipinski definition) is 5. The minimum atomic E-state index is -0.485. The molecule has 2 aromatic rings. The first-order valence-electron chi connectivity index (χ1n) is 8.62. The molecule has 134 valence electrons. The van der Waals surface area contributed by atoms with Crippen molar-refractivity contribution in [1.29, 1.82) is 0 Å². The first kappa shape index (κ1) is 17.4. The standard InChI is InChI=1S/C18H25N5O2/c1-13-4-5-14(2)16(10-13)25-15(3)18(24)23-8-6-22(7-9-23)11-17-19-12-20-21-17/h4-5,10,12,15H,6-9,11H2,1-3H3,(H,19,20,21)/t15-/m1/s1. The third kappa shape index (κ3) is 4.36. The number of piperazine rings is 1. The Labute approximate surface area is 148 Å². The molecule has 7 nitrogen and oxygen atoms in total. The van der Waals surface area contributed by atoms with Crippen molar-refractivity contribution in [3.63, 3.8) is 0 Å². The molecule has 1 aliphatic rings. The summed E-state index contributed by atoms with van der Waals surface area (Å²) < 4.78 is 5.92. The van der Waals surface area contributed by atoms with Gasteiger partial charge in [0.25, 0.3) is 5.91 Å². The lowest BCUT2D eigenvalue weighted by molar-refractivity contribution is -0.139. The van der Waals surface area contributed by atoms with Gasteiger partial charge in [-0.15, -0.1) is 0 Å². The van der Waals surface area contributed by atoms with E-state index in [0.29, 0.717) is 13.1 Å². The van der Waals surface area contributed by atoms with Gasteiger partial charge in [-0.05, 0) is 38.0 Å². The molecule has 1 aliphatic heterocycles. The van der Waals surface area contributed by atoms with Crippen LogP contribution in [-0.2, 0) is 11.3 Å². The van der Waals surface area contributed by atoms with E-state index in [4.69, 9.17) is 4.74 Å². The quantitative estimate of drug-likeness (QED) is 0.891. The molecule has 1 amide bonds. The summed E-state index contributed by atoms with van der Waals surface area (Å²) in [6.45, 7) is 9.62. The van der Waals surface area contributed by atoms with E-state index in [1.807, 2.05) is 43.9 Å². The molecule has 3 rings (SSSR count). The van der Waals surface area contributed by atoms with Crippen LogP contribution in [0.15, 0.2) is 24.5 Å². The number of H-pyrrole nitrogens is 1. The Bertz CT molecular complexity index is 708. The molecule has 0 unspecified atom stereocenters. The number of benzene rings is 1. The van der Waals surface area contributed by atoms with Gasteiger partial charge in [0.2, 0.25) is 0 Å². The number of carbonyl (C=O) groups excluding carboxylic acids is 1. The van der Waals surface area contributed by atoms with Crippen molar-refractivity contribution in [2.45, 2.75) is 33.4 Å². The first-order valence-corrected chi connectivity index (χ1v) is 8.62. The molecule has 25 heavy (non-hydrogen) atoms. The van der Waals surface area contributed by atoms with Gasteiger partial charge in [0, 0.05) is 26.2 Å². The predicted molar refractivity (Wildman–Crippen MR) is 94.2 cm³/mol. The van der Waals surface area contributed by atoms with Crippen LogP contribution in [0.25, 0.3) is 0 Å². The highest BCUT2D eigenvalue weighted by Gasteiger charge is 2.26. The minimum absolute atomic E-state index is 0.0419. The van der Waals surface area contributed by atoms with E-state index in [0.717, 1.165) is 42.3 Å². The van der Waals surface area contributed by atoms with E-state index >= 15 is 0 Å². The third-order valence-electron chi connectivity index (χ3n) is 4.52. The number of carbonyl (C=O) groups is 1. The Hall–Kier alpha value is -2.41. The van der Waals surface area contributed by atoms with E-state index in [9.17, 15) is 4.79 Å². The molecule has 0 bridgehead atoms. The Morgan fingerprint density at radius 1 is 1.28 bits per heavy atom. The summed E-state index contributed by atoms with van der Waals surface area (Å²) in [5.41, 5.74) is 2.17. The zero-order chi connectivity index (χ0) is 17.8. The number of aromatic amines is 1. The molecule has 7 heteroatoms. The number of rotatable bonds is 5. The maximum atomic E-state index is 12.7. The van der Waals surface area contributed by atoms with Crippen molar-refractivity contribution in [2.75, 3.05) is 26.2 Å². The summed E-state index contributed by atoms with van der Waals surface area (Å²) in [7, 11) is 0. The van der Waals surface area contributed by atoms with Crippen LogP contribution in [0.5, 0.6) is 5.75 Å². The highest BCUT2D eigenvalue weighted by molar-refractivity contribution is 5.81. The molecular formula is C18H25N5O2. The van der Waals surface area contributed by atoms with Crippen molar-refractivity contribution < 1.29 is 9.53 Å². The normalized spacial score (nSPS) is 16.7. The second-order valence-corrected chi connectivity index (χ2v) is 6.56. The number of nitrogens with one attached hydrogen (secondary N) is 1. The molecule has 1 saturated heterocycles. The second-order valence-electron chi connectivity index (χ2n) is 6.56. The van der Waals surface area contributed by atoms with Gasteiger partial charge in [-0.25, -0.2) is 4.98 Å². The van der Waals surface area contributed by atoms with Crippen LogP contribution in [0.3, 0.4) is 0 Å². The number of nitrogens with zero attached hydrogens (tertiary/aromatic N) is 4. The Balaban J connectivity index is 1.52. The molecule has 0 aliphatic carbocycles. The second kappa shape index (κ2) is 7.65. The summed E-state index contributed by atoms with van der Waals surface area (Å²) in [6, 6.07) is 6.04. The number of hydrogen-bond donors (Lipinski definition) is 1. The van der Waals surface area contributed by atoms with Crippen molar-refractivity contribution in [3.05, 3.63) is 41.5 Å². The van der Waals surface area contributed by atoms with E-state index in [1.54, 1.807) is 0 Å². The van der Waals surface area contributed by atoms with Crippen molar-refractivity contribution in [2.24, 2.45) is 0 Å². The topological polar surface area (TPSA) is 74.3 Å². The number of ether oxygens (including phenoxy) is 1. The molecular weight excluding hydrogens is 318 g/mol. The Morgan fingerprint density at radius 3 is 2.72 bits per heavy atom. The highest BCUT2D eigenvalue weighted by atomic mass is 16.5. The van der Waals surface area contributed by atoms with Gasteiger partial charge in [0.15, 0.2) is 6.10 Å². The number of aryl methyl sites for hydroxylation is 2. The molecule has 1 aromatic heterocycles. The molecule has 2 heterocycles. The summed E-state index contributed by atoms with van der Waals surface area (Å²) in [6.07, 6.45) is 1.03. The van der Waals surface area contributed by atoms with Gasteiger partial charge in [-0.1, -0.05) is 12.1 Å². The van der Waals surface area contributed by atoms with Crippen LogP contribution in [0.2, 0.25) is 0 Å². The molecule has 0 saturated carbocycles. The molecule has 1 atom stereocenters. The largest absolute Gasteiger partial charge is 0.481 e. The van der Waals surface area contributed by atoms with Crippen LogP contribution >= 0.6 is 0 Å². The fourth-order valence-corrected chi connectivity index (χ4v) is 2.98. The molecule has 0 radical (unpaired) electrons. The first-order chi connectivity index (χ1) is 12.0. The van der Waals surface area contributed by atoms with E-state index < -0.39 is 6.10 Å². The average molecular weight is 343 g/mol. The van der Waals surface area contributed by atoms with Gasteiger partial charge >= 0.3 is 0 Å². The van der Waals surface area contributed by atoms with Crippen LogP contribution in [-0.4, -0.2) is 63.2 Å². The van der Waals surface area contributed by atoms with E-state index in [-0.39, 0.29) is 5.91 Å². The maximum absolute atomic E-state index is 12.7. The van der Waals surface area contributed by atoms with E-state index in [2.05, 4.69) is 20.1 Å². The van der Waals surface area contributed by atoms with Crippen LogP contribution in [0.1, 0.15) is 23.9 Å². The molecule has 1 aromatic carbocycles. The van der Waals surface area contributed by atoms with Gasteiger partial charge in [0.05, 0.1) is 6.54 Å². The maximum Gasteiger partial charge on any atom is 0.263 e. The summed E-state index contributed by atoms with van der Waals surface area (Å²) in [4.78, 5) is 21.0. The fourth-order valence-electron chi connectivity index (χ4n) is 2.98. The van der Waals surface area contributed by atoms with Gasteiger partial charge in [0.1, 0.15) is 17.9 Å². The lowest BCUT2D eigenvalue weighted by Crippen LogP contribution is -2.51. The Kier molecular flexibility index (Phi) is 5.33. The fraction of sp³-hybridized carbons (Fsp3) is 0.500. The third-order valence-corrected chi connectivity index (χ3v) is 4.52. The van der Waals surface area contributed by atoms with Crippen LogP contribution in [0.4, 0.5) is 0 Å². The van der Waals surface area contributed by atoms with Gasteiger partial charge < -0.3 is 9.64 Å². The monoisotopic (exact) mass is 343 g/mol. The van der Waals surface area contributed by atoms with E-state index in [1.165, 1.54) is 6.33 Å². The average Bonchev–Trinajstić information content (AvgIpc) is 3.11. The van der Waals surface area contributed by atoms with Gasteiger partial charge in [-0.2, -0.15) is 5.10 Å². The number of amides is 1. The highest BCUT2D eigenvalue weighted by Crippen LogP contribution is 2.21. The SMILES string of the molecule is Cc1ccc(C)c(O[C@H](C)C(=O)N2CCN(Cc3ncn[nH]3)CC2)c1. The zero-order valence-electron chi connectivity index (χ0n) is 15.0. The van der Waals surface area contributed by atoms with Crippen LogP contribution in [0, 0.1) is 13.8 Å². The van der Waals surface area contributed by atoms with Crippen molar-refractivity contribution >= 4 is 5.91 Å². The summed E-state index contributed by atoms with van der Waals surface area (Å²) >= 11 is 0. The lowest BCUT2D eigenvalue weighted by atomic mass is 10.1. The number of aromatic nitrogens is 3. The minimum Gasteiger partial charge on any atom is -0.481 e. The van der Waals surface area contributed by atoms with Gasteiger partial charge in [-0.3, -0.25) is 14.8 Å². The van der Waals surface area contributed by atoms with Crippen molar-refractivity contribution in [3.8, 4) is 5.75 Å². The predicted octanol–water partition coefficient (Wildman–Crippen LogP) is 1.53. The lowest BCUT2D eigenvalue weighted by Gasteiger charge is -2.35. The molecule has 1 N–H and O–H groups in total. The molecule has 1 fully saturated rings. The van der Waals surface area contributed by atoms with Crippen molar-refractivity contribution in [1.82, 2.24) is 25.0 Å². The summed E-state index contributed by atoms with van der Waals surface area (Å²) in [5.74, 6) is 1.68. The smallest absolute Gasteiger partial charge is 0.263 e. The Morgan fingerprint density at radius 2 is 2.04 bits per heavy atom. The summed E-state index contributed by atoms with van der Waals surface area (Å²) in [5, 5.41) is 6.73. The van der Waals surface area contributed by atoms with Crippen LogP contribution < -0.4 is 4.74 Å². The molecule has 0 spiro atoms. The zero-order valence-corrected chi connectivity index (χ0v) is 15.0.